The Hall–Kier alpha value is -2.24. The number of carbonyl (C=O) groups excluding carboxylic acids is 1. The summed E-state index contributed by atoms with van der Waals surface area (Å²) in [6, 6.07) is 5.81. The van der Waals surface area contributed by atoms with Gasteiger partial charge in [-0.2, -0.15) is 4.31 Å². The van der Waals surface area contributed by atoms with E-state index < -0.39 is 10.0 Å². The molecule has 2 unspecified atom stereocenters. The molecule has 1 N–H and O–H groups in total. The van der Waals surface area contributed by atoms with Gasteiger partial charge in [0, 0.05) is 43.6 Å². The molecule has 0 fully saturated rings. The molecule has 40 heavy (non-hydrogen) atoms. The predicted octanol–water partition coefficient (Wildman–Crippen LogP) is 3.84. The molecule has 9 nitrogen and oxygen atoms in total. The van der Waals surface area contributed by atoms with Crippen LogP contribution in [0.1, 0.15) is 61.3 Å². The second kappa shape index (κ2) is 13.6. The summed E-state index contributed by atoms with van der Waals surface area (Å²) in [5.74, 6) is 0.777. The van der Waals surface area contributed by atoms with Crippen LogP contribution in [0.4, 0.5) is 0 Å². The number of methoxy groups -OCH3 is 1. The molecule has 1 aliphatic rings. The molecule has 0 amide bonds. The molecule has 224 valence electrons. The van der Waals surface area contributed by atoms with E-state index in [4.69, 9.17) is 9.47 Å². The fourth-order valence-corrected chi connectivity index (χ4v) is 7.59. The number of fused-ring (bicyclic) bond motifs is 1. The molecule has 10 heteroatoms. The van der Waals surface area contributed by atoms with E-state index in [0.717, 1.165) is 18.5 Å². The van der Waals surface area contributed by atoms with E-state index in [1.54, 1.807) is 20.1 Å². The Morgan fingerprint density at radius 3 is 2.48 bits per heavy atom. The molecule has 2 heterocycles. The topological polar surface area (TPSA) is 93.1 Å². The van der Waals surface area contributed by atoms with Crippen molar-refractivity contribution in [3.63, 3.8) is 0 Å². The van der Waals surface area contributed by atoms with E-state index >= 15 is 0 Å². The summed E-state index contributed by atoms with van der Waals surface area (Å²) in [6.45, 7) is 13.5. The molecule has 0 bridgehead atoms. The molecule has 0 aliphatic carbocycles. The van der Waals surface area contributed by atoms with Crippen molar-refractivity contribution in [1.29, 1.82) is 0 Å². The van der Waals surface area contributed by atoms with Crippen LogP contribution in [0.2, 0.25) is 0 Å². The van der Waals surface area contributed by atoms with Crippen LogP contribution in [0.3, 0.4) is 0 Å². The third-order valence-electron chi connectivity index (χ3n) is 7.60. The highest BCUT2D eigenvalue weighted by Crippen LogP contribution is 2.32. The predicted molar refractivity (Wildman–Crippen MR) is 158 cm³/mol. The van der Waals surface area contributed by atoms with Crippen LogP contribution < -0.4 is 10.1 Å². The molecule has 2 atom stereocenters. The van der Waals surface area contributed by atoms with Crippen LogP contribution in [-0.4, -0.2) is 81.5 Å². The van der Waals surface area contributed by atoms with Gasteiger partial charge in [-0.3, -0.25) is 10.1 Å². The minimum atomic E-state index is -3.79. The van der Waals surface area contributed by atoms with E-state index in [9.17, 15) is 13.2 Å². The summed E-state index contributed by atoms with van der Waals surface area (Å²) >= 11 is 0. The van der Waals surface area contributed by atoms with Crippen LogP contribution in [0.25, 0.3) is 0 Å². The van der Waals surface area contributed by atoms with Gasteiger partial charge in [-0.25, -0.2) is 8.42 Å². The van der Waals surface area contributed by atoms with Gasteiger partial charge in [0.1, 0.15) is 12.4 Å². The first-order valence-corrected chi connectivity index (χ1v) is 15.6. The minimum absolute atomic E-state index is 0.0238. The van der Waals surface area contributed by atoms with Gasteiger partial charge in [0.15, 0.2) is 5.78 Å². The number of aryl methyl sites for hydroxylation is 1. The first-order valence-electron chi connectivity index (χ1n) is 14.2. The number of rotatable bonds is 14. The maximum Gasteiger partial charge on any atom is 0.243 e. The number of nitrogens with one attached hydrogen (secondary N) is 1. The van der Waals surface area contributed by atoms with Crippen LogP contribution in [0, 0.1) is 26.7 Å². The number of ketones is 1. The molecule has 0 saturated heterocycles. The molecule has 1 aliphatic heterocycles. The SMILES string of the molecule is CCC1NC(C(=O)COCCN(CC(C)C)S(=O)(=O)c2c(C)cc(OC)c(C)c2C)Cn2c(CN(C)C)ccc21. The zero-order chi connectivity index (χ0) is 29.8. The number of nitrogens with zero attached hydrogens (tertiary/aromatic N) is 3. The van der Waals surface area contributed by atoms with Crippen LogP contribution in [0.5, 0.6) is 5.75 Å². The number of hydrogen-bond donors (Lipinski definition) is 1. The van der Waals surface area contributed by atoms with Crippen molar-refractivity contribution in [2.45, 2.75) is 78.0 Å². The second-order valence-corrected chi connectivity index (χ2v) is 13.4. The molecule has 1 aromatic carbocycles. The lowest BCUT2D eigenvalue weighted by molar-refractivity contribution is -0.126. The smallest absolute Gasteiger partial charge is 0.243 e. The maximum atomic E-state index is 13.9. The van der Waals surface area contributed by atoms with Gasteiger partial charge in [0.2, 0.25) is 10.0 Å². The maximum absolute atomic E-state index is 13.9. The molecule has 0 radical (unpaired) electrons. The summed E-state index contributed by atoms with van der Waals surface area (Å²) in [4.78, 5) is 15.6. The average Bonchev–Trinajstić information content (AvgIpc) is 3.28. The number of Topliss-reactive ketones (excluding diaryl/α,β-unsaturated/α-hetero) is 1. The van der Waals surface area contributed by atoms with Gasteiger partial charge >= 0.3 is 0 Å². The quantitative estimate of drug-likeness (QED) is 0.342. The Bertz CT molecular complexity index is 1290. The molecule has 0 saturated carbocycles. The zero-order valence-electron chi connectivity index (χ0n) is 25.7. The van der Waals surface area contributed by atoms with Gasteiger partial charge in [-0.1, -0.05) is 20.8 Å². The average molecular weight is 577 g/mol. The fraction of sp³-hybridized carbons (Fsp3) is 0.633. The lowest BCUT2D eigenvalue weighted by Crippen LogP contribution is -2.48. The largest absolute Gasteiger partial charge is 0.496 e. The minimum Gasteiger partial charge on any atom is -0.496 e. The third-order valence-corrected chi connectivity index (χ3v) is 9.75. The Labute approximate surface area is 240 Å². The first-order chi connectivity index (χ1) is 18.8. The van der Waals surface area contributed by atoms with Crippen molar-refractivity contribution in [2.24, 2.45) is 5.92 Å². The standard InChI is InChI=1S/C30H48N4O5S/c1-10-25-27-12-11-24(17-32(7)8)34(27)18-26(31-25)28(35)19-39-14-13-33(16-20(2)3)40(36,37)30-21(4)15-29(38-9)22(5)23(30)6/h11-12,15,20,25-26,31H,10,13-14,16-19H2,1-9H3. The van der Waals surface area contributed by atoms with Gasteiger partial charge in [0.25, 0.3) is 0 Å². The van der Waals surface area contributed by atoms with Crippen molar-refractivity contribution in [3.05, 3.63) is 46.3 Å². The lowest BCUT2D eigenvalue weighted by atomic mass is 10.0. The monoisotopic (exact) mass is 576 g/mol. The number of hydrogen-bond acceptors (Lipinski definition) is 7. The van der Waals surface area contributed by atoms with Crippen molar-refractivity contribution in [1.82, 2.24) is 19.1 Å². The van der Waals surface area contributed by atoms with Crippen molar-refractivity contribution < 1.29 is 22.7 Å². The Morgan fingerprint density at radius 2 is 1.88 bits per heavy atom. The first kappa shape index (κ1) is 32.3. The van der Waals surface area contributed by atoms with E-state index in [-0.39, 0.29) is 43.5 Å². The third kappa shape index (κ3) is 7.15. The number of aromatic nitrogens is 1. The van der Waals surface area contributed by atoms with E-state index in [2.05, 4.69) is 33.8 Å². The van der Waals surface area contributed by atoms with E-state index in [0.29, 0.717) is 34.9 Å². The van der Waals surface area contributed by atoms with Gasteiger partial charge in [-0.05, 0) is 82.1 Å². The van der Waals surface area contributed by atoms with Crippen LogP contribution in [-0.2, 0) is 32.6 Å². The van der Waals surface area contributed by atoms with Gasteiger partial charge < -0.3 is 18.9 Å². The van der Waals surface area contributed by atoms with Crippen molar-refractivity contribution >= 4 is 15.8 Å². The van der Waals surface area contributed by atoms with Crippen molar-refractivity contribution in [2.75, 3.05) is 47.5 Å². The summed E-state index contributed by atoms with van der Waals surface area (Å²) in [5.41, 5.74) is 4.54. The Balaban J connectivity index is 1.69. The lowest BCUT2D eigenvalue weighted by Gasteiger charge is -2.33. The molecule has 3 rings (SSSR count). The zero-order valence-corrected chi connectivity index (χ0v) is 26.5. The Kier molecular flexibility index (Phi) is 11.0. The highest BCUT2D eigenvalue weighted by atomic mass is 32.2. The van der Waals surface area contributed by atoms with E-state index in [1.165, 1.54) is 15.7 Å². The molecular weight excluding hydrogens is 528 g/mol. The number of ether oxygens (including phenoxy) is 2. The molecule has 2 aromatic rings. The second-order valence-electron chi connectivity index (χ2n) is 11.5. The fourth-order valence-electron chi connectivity index (χ4n) is 5.52. The number of carbonyl (C=O) groups is 1. The normalized spacial score (nSPS) is 17.6. The highest BCUT2D eigenvalue weighted by molar-refractivity contribution is 7.89. The van der Waals surface area contributed by atoms with Gasteiger partial charge in [0.05, 0.1) is 24.7 Å². The summed E-state index contributed by atoms with van der Waals surface area (Å²) in [6.07, 6.45) is 0.877. The summed E-state index contributed by atoms with van der Waals surface area (Å²) < 4.78 is 42.7. The summed E-state index contributed by atoms with van der Waals surface area (Å²) in [5, 5.41) is 3.49. The summed E-state index contributed by atoms with van der Waals surface area (Å²) in [7, 11) is 1.88. The van der Waals surface area contributed by atoms with Gasteiger partial charge in [-0.15, -0.1) is 0 Å². The van der Waals surface area contributed by atoms with E-state index in [1.807, 2.05) is 41.8 Å². The number of sulfonamides is 1. The molecular formula is C30H48N4O5S. The van der Waals surface area contributed by atoms with Crippen LogP contribution >= 0.6 is 0 Å². The number of benzene rings is 1. The highest BCUT2D eigenvalue weighted by Gasteiger charge is 2.32. The Morgan fingerprint density at radius 1 is 1.18 bits per heavy atom. The van der Waals surface area contributed by atoms with Crippen molar-refractivity contribution in [3.8, 4) is 5.75 Å². The van der Waals surface area contributed by atoms with Crippen LogP contribution in [0.15, 0.2) is 23.1 Å². The molecule has 0 spiro atoms. The molecule has 1 aromatic heterocycles.